The molecule has 1 heterocycles. The summed E-state index contributed by atoms with van der Waals surface area (Å²) in [5.74, 6) is -1.35. The Balaban J connectivity index is 0.000000665. The summed E-state index contributed by atoms with van der Waals surface area (Å²) in [6.07, 6.45) is 7.16. The monoisotopic (exact) mass is 648 g/mol. The van der Waals surface area contributed by atoms with Crippen LogP contribution in [0.1, 0.15) is 102 Å². The molecule has 3 aromatic rings. The third-order valence-corrected chi connectivity index (χ3v) is 8.49. The molecule has 0 radical (unpaired) electrons. The number of piperidine rings is 1. The number of nitrogens with zero attached hydrogens (tertiary/aromatic N) is 1. The summed E-state index contributed by atoms with van der Waals surface area (Å²) >= 11 is 0. The number of amides is 1. The highest BCUT2D eigenvalue weighted by Crippen LogP contribution is 2.25. The average molecular weight is 649 g/mol. The molecule has 1 amide bonds. The maximum absolute atomic E-state index is 13.9. The van der Waals surface area contributed by atoms with Gasteiger partial charge in [0.25, 0.3) is 5.91 Å². The van der Waals surface area contributed by atoms with E-state index in [1.165, 1.54) is 49.2 Å². The van der Waals surface area contributed by atoms with Crippen LogP contribution < -0.4 is 16.0 Å². The zero-order chi connectivity index (χ0) is 34.0. The molecule has 47 heavy (non-hydrogen) atoms. The standard InChI is InChI=1S/C32H37F2N3O2.C7H17N/c1-2-22-5-3-6-23(11-22)19-36-10-8-31(16-24-14-29(33)18-30(34)15-24)37-32(39)28-13-25(21-38)12-27(17-28)26-7-4-9-35-20-26;1-4-6-8(3)7-5-2/h3,5-6,11-15,17-18,21,26,31,35-36H,2,4,7-10,16,19-20H2,1H3,(H,37,39);4-7H2,1-3H3/t26?,31-;/m1./s1. The molecule has 0 bridgehead atoms. The lowest BCUT2D eigenvalue weighted by Gasteiger charge is -2.24. The van der Waals surface area contributed by atoms with Crippen LogP contribution in [0.4, 0.5) is 8.78 Å². The number of aldehydes is 1. The molecule has 0 aliphatic carbocycles. The largest absolute Gasteiger partial charge is 0.349 e. The fourth-order valence-corrected chi connectivity index (χ4v) is 6.10. The molecular weight excluding hydrogens is 594 g/mol. The highest BCUT2D eigenvalue weighted by Gasteiger charge is 2.20. The highest BCUT2D eigenvalue weighted by molar-refractivity contribution is 5.96. The lowest BCUT2D eigenvalue weighted by atomic mass is 9.89. The smallest absolute Gasteiger partial charge is 0.251 e. The number of hydrogen-bond acceptors (Lipinski definition) is 5. The highest BCUT2D eigenvalue weighted by atomic mass is 19.1. The number of carbonyl (C=O) groups excluding carboxylic acids is 2. The van der Waals surface area contributed by atoms with Crippen LogP contribution in [0.25, 0.3) is 0 Å². The molecule has 256 valence electrons. The molecule has 1 saturated heterocycles. The molecule has 1 unspecified atom stereocenters. The second kappa shape index (κ2) is 20.7. The summed E-state index contributed by atoms with van der Waals surface area (Å²) in [5, 5.41) is 9.86. The zero-order valence-corrected chi connectivity index (χ0v) is 28.7. The molecule has 1 aliphatic heterocycles. The van der Waals surface area contributed by atoms with Crippen molar-refractivity contribution in [2.75, 3.05) is 39.8 Å². The molecule has 3 aromatic carbocycles. The van der Waals surface area contributed by atoms with Gasteiger partial charge in [0.15, 0.2) is 0 Å². The minimum Gasteiger partial charge on any atom is -0.349 e. The van der Waals surface area contributed by atoms with Crippen molar-refractivity contribution in [3.05, 3.63) is 106 Å². The summed E-state index contributed by atoms with van der Waals surface area (Å²) in [6, 6.07) is 16.8. The number of aryl methyl sites for hydroxylation is 1. The normalized spacial score (nSPS) is 15.1. The van der Waals surface area contributed by atoms with Crippen molar-refractivity contribution in [2.24, 2.45) is 0 Å². The van der Waals surface area contributed by atoms with Crippen molar-refractivity contribution in [1.82, 2.24) is 20.9 Å². The van der Waals surface area contributed by atoms with E-state index in [1.54, 1.807) is 6.07 Å². The molecule has 0 spiro atoms. The Bertz CT molecular complexity index is 1370. The van der Waals surface area contributed by atoms with Crippen LogP contribution in [-0.4, -0.2) is 62.9 Å². The number of halogens is 2. The maximum Gasteiger partial charge on any atom is 0.251 e. The van der Waals surface area contributed by atoms with Gasteiger partial charge in [-0.15, -0.1) is 0 Å². The third-order valence-electron chi connectivity index (χ3n) is 8.49. The van der Waals surface area contributed by atoms with E-state index in [0.717, 1.165) is 50.3 Å². The molecule has 3 N–H and O–H groups in total. The lowest BCUT2D eigenvalue weighted by molar-refractivity contribution is 0.0934. The lowest BCUT2D eigenvalue weighted by Crippen LogP contribution is -2.38. The number of rotatable bonds is 16. The Morgan fingerprint density at radius 1 is 0.979 bits per heavy atom. The van der Waals surface area contributed by atoms with Gasteiger partial charge in [-0.2, -0.15) is 0 Å². The summed E-state index contributed by atoms with van der Waals surface area (Å²) in [4.78, 5) is 27.4. The number of nitrogens with one attached hydrogen (secondary N) is 3. The fraction of sp³-hybridized carbons (Fsp3) is 0.487. The topological polar surface area (TPSA) is 73.5 Å². The Hall–Kier alpha value is -3.46. The molecule has 6 nitrogen and oxygen atoms in total. The van der Waals surface area contributed by atoms with E-state index in [4.69, 9.17) is 0 Å². The van der Waals surface area contributed by atoms with Crippen LogP contribution >= 0.6 is 0 Å². The predicted molar refractivity (Wildman–Crippen MR) is 188 cm³/mol. The van der Waals surface area contributed by atoms with E-state index >= 15 is 0 Å². The van der Waals surface area contributed by atoms with Crippen LogP contribution in [0.3, 0.4) is 0 Å². The maximum atomic E-state index is 13.9. The molecule has 0 saturated carbocycles. The van der Waals surface area contributed by atoms with Gasteiger partial charge in [0, 0.05) is 36.3 Å². The average Bonchev–Trinajstić information content (AvgIpc) is 3.07. The molecule has 1 aliphatic rings. The second-order valence-corrected chi connectivity index (χ2v) is 12.6. The number of carbonyl (C=O) groups is 2. The van der Waals surface area contributed by atoms with E-state index in [-0.39, 0.29) is 24.3 Å². The molecule has 4 rings (SSSR count). The minimum atomic E-state index is -0.645. The predicted octanol–water partition coefficient (Wildman–Crippen LogP) is 7.07. The Morgan fingerprint density at radius 2 is 1.70 bits per heavy atom. The molecular formula is C39H54F2N4O2. The summed E-state index contributed by atoms with van der Waals surface area (Å²) in [7, 11) is 2.17. The van der Waals surface area contributed by atoms with E-state index in [0.29, 0.717) is 36.2 Å². The first kappa shape index (κ1) is 38.0. The zero-order valence-electron chi connectivity index (χ0n) is 28.7. The summed E-state index contributed by atoms with van der Waals surface area (Å²) in [6.45, 7) is 12.1. The van der Waals surface area contributed by atoms with Crippen LogP contribution in [0, 0.1) is 11.6 Å². The van der Waals surface area contributed by atoms with Crippen molar-refractivity contribution >= 4 is 12.2 Å². The molecule has 2 atom stereocenters. The van der Waals surface area contributed by atoms with Gasteiger partial charge in [-0.05, 0) is 137 Å². The van der Waals surface area contributed by atoms with Crippen molar-refractivity contribution in [3.8, 4) is 0 Å². The Labute approximate surface area is 280 Å². The van der Waals surface area contributed by atoms with Gasteiger partial charge >= 0.3 is 0 Å². The van der Waals surface area contributed by atoms with Crippen LogP contribution in [0.15, 0.2) is 60.7 Å². The quantitative estimate of drug-likeness (QED) is 0.115. The van der Waals surface area contributed by atoms with Crippen molar-refractivity contribution in [1.29, 1.82) is 0 Å². The van der Waals surface area contributed by atoms with E-state index < -0.39 is 11.6 Å². The van der Waals surface area contributed by atoms with Gasteiger partial charge in [-0.1, -0.05) is 45.0 Å². The number of hydrogen-bond donors (Lipinski definition) is 3. The second-order valence-electron chi connectivity index (χ2n) is 12.6. The molecule has 1 fully saturated rings. The first-order valence-electron chi connectivity index (χ1n) is 17.3. The van der Waals surface area contributed by atoms with Gasteiger partial charge in [-0.25, -0.2) is 8.78 Å². The SMILES string of the molecule is CCCN(C)CCC.CCc1cccc(CNCC[C@H](Cc2cc(F)cc(F)c2)NC(=O)c2cc(C=O)cc(C3CCCNC3)c2)c1. The Kier molecular flexibility index (Phi) is 16.7. The molecule has 0 aromatic heterocycles. The van der Waals surface area contributed by atoms with Gasteiger partial charge in [-0.3, -0.25) is 9.59 Å². The van der Waals surface area contributed by atoms with Gasteiger partial charge in [0.05, 0.1) is 0 Å². The first-order chi connectivity index (χ1) is 22.7. The third kappa shape index (κ3) is 13.7. The van der Waals surface area contributed by atoms with Gasteiger partial charge in [0.1, 0.15) is 17.9 Å². The van der Waals surface area contributed by atoms with E-state index in [2.05, 4.69) is 66.9 Å². The summed E-state index contributed by atoms with van der Waals surface area (Å²) in [5.41, 5.74) is 4.77. The number of benzene rings is 3. The van der Waals surface area contributed by atoms with Crippen molar-refractivity contribution in [3.63, 3.8) is 0 Å². The van der Waals surface area contributed by atoms with Crippen LogP contribution in [0.5, 0.6) is 0 Å². The van der Waals surface area contributed by atoms with Crippen LogP contribution in [0.2, 0.25) is 0 Å². The van der Waals surface area contributed by atoms with E-state index in [9.17, 15) is 18.4 Å². The van der Waals surface area contributed by atoms with E-state index in [1.807, 2.05) is 18.2 Å². The van der Waals surface area contributed by atoms with Crippen molar-refractivity contribution < 1.29 is 18.4 Å². The summed E-state index contributed by atoms with van der Waals surface area (Å²) < 4.78 is 27.8. The molecule has 8 heteroatoms. The van der Waals surface area contributed by atoms with Crippen molar-refractivity contribution in [2.45, 2.75) is 84.2 Å². The van der Waals surface area contributed by atoms with Gasteiger partial charge < -0.3 is 20.9 Å². The van der Waals surface area contributed by atoms with Crippen LogP contribution in [-0.2, 0) is 19.4 Å². The fourth-order valence-electron chi connectivity index (χ4n) is 6.10. The van der Waals surface area contributed by atoms with Gasteiger partial charge in [0.2, 0.25) is 0 Å². The Morgan fingerprint density at radius 3 is 2.34 bits per heavy atom. The first-order valence-corrected chi connectivity index (χ1v) is 17.3. The minimum absolute atomic E-state index is 0.242.